The smallest absolute Gasteiger partial charge is 0.247 e. The molecule has 2 rings (SSSR count). The van der Waals surface area contributed by atoms with Crippen molar-refractivity contribution in [2.24, 2.45) is 0 Å². The Hall–Kier alpha value is -1.84. The number of rotatable bonds is 1. The van der Waals surface area contributed by atoms with Gasteiger partial charge in [0.2, 0.25) is 11.8 Å². The molecule has 0 atom stereocenters. The normalized spacial score (nSPS) is 15.0. The fourth-order valence-electron chi connectivity index (χ4n) is 1.99. The maximum atomic E-state index is 11.8. The summed E-state index contributed by atoms with van der Waals surface area (Å²) in [6.07, 6.45) is 0. The quantitative estimate of drug-likeness (QED) is 0.715. The molecule has 0 radical (unpaired) electrons. The number of hydrogen-bond donors (Lipinski definition) is 0. The predicted molar refractivity (Wildman–Crippen MR) is 62.5 cm³/mol. The van der Waals surface area contributed by atoms with Crippen molar-refractivity contribution in [3.63, 3.8) is 0 Å². The van der Waals surface area contributed by atoms with Crippen LogP contribution in [0.1, 0.15) is 13.8 Å². The molecule has 1 aromatic carbocycles. The first-order chi connectivity index (χ1) is 7.65. The highest BCUT2D eigenvalue weighted by molar-refractivity contribution is 6.10. The van der Waals surface area contributed by atoms with Gasteiger partial charge in [-0.2, -0.15) is 0 Å². The monoisotopic (exact) mass is 218 g/mol. The number of hydrogen-bond acceptors (Lipinski definition) is 2. The Morgan fingerprint density at radius 2 is 1.94 bits per heavy atom. The molecule has 1 aliphatic heterocycles. The highest BCUT2D eigenvalue weighted by atomic mass is 16.2. The van der Waals surface area contributed by atoms with Crippen LogP contribution in [0.5, 0.6) is 0 Å². The molecule has 4 heteroatoms. The lowest BCUT2D eigenvalue weighted by Crippen LogP contribution is -2.47. The molecule has 0 aromatic heterocycles. The van der Waals surface area contributed by atoms with Crippen molar-refractivity contribution in [2.75, 3.05) is 22.9 Å². The molecule has 1 aliphatic rings. The second-order valence-electron chi connectivity index (χ2n) is 3.73. The van der Waals surface area contributed by atoms with E-state index < -0.39 is 0 Å². The van der Waals surface area contributed by atoms with E-state index >= 15 is 0 Å². The van der Waals surface area contributed by atoms with Gasteiger partial charge in [-0.15, -0.1) is 0 Å². The van der Waals surface area contributed by atoms with E-state index in [4.69, 9.17) is 0 Å². The third-order valence-corrected chi connectivity index (χ3v) is 2.75. The number of para-hydroxylation sites is 2. The van der Waals surface area contributed by atoms with Crippen molar-refractivity contribution in [3.8, 4) is 0 Å². The zero-order valence-electron chi connectivity index (χ0n) is 9.43. The summed E-state index contributed by atoms with van der Waals surface area (Å²) in [5.41, 5.74) is 1.63. The zero-order valence-corrected chi connectivity index (χ0v) is 9.43. The zero-order chi connectivity index (χ0) is 11.7. The summed E-state index contributed by atoms with van der Waals surface area (Å²) in [4.78, 5) is 26.5. The average molecular weight is 218 g/mol. The fraction of sp³-hybridized carbons (Fsp3) is 0.333. The molecule has 0 N–H and O–H groups in total. The molecule has 0 aliphatic carbocycles. The summed E-state index contributed by atoms with van der Waals surface area (Å²) in [5.74, 6) is -0.132. The Kier molecular flexibility index (Phi) is 2.64. The van der Waals surface area contributed by atoms with Gasteiger partial charge in [0.25, 0.3) is 0 Å². The van der Waals surface area contributed by atoms with E-state index in [2.05, 4.69) is 0 Å². The van der Waals surface area contributed by atoms with E-state index in [9.17, 15) is 9.59 Å². The van der Waals surface area contributed by atoms with Crippen molar-refractivity contribution in [3.05, 3.63) is 24.3 Å². The van der Waals surface area contributed by atoms with Crippen LogP contribution in [0.25, 0.3) is 0 Å². The summed E-state index contributed by atoms with van der Waals surface area (Å²) in [6.45, 7) is 4.17. The van der Waals surface area contributed by atoms with E-state index in [1.165, 1.54) is 11.8 Å². The summed E-state index contributed by atoms with van der Waals surface area (Å²) in [6, 6.07) is 7.48. The molecular weight excluding hydrogens is 204 g/mol. The summed E-state index contributed by atoms with van der Waals surface area (Å²) >= 11 is 0. The van der Waals surface area contributed by atoms with Crippen molar-refractivity contribution >= 4 is 23.2 Å². The number of nitrogens with zero attached hydrogens (tertiary/aromatic N) is 2. The SMILES string of the molecule is CCN1C(=O)CN(C(C)=O)c2ccccc21. The van der Waals surface area contributed by atoms with E-state index in [1.54, 1.807) is 4.90 Å². The van der Waals surface area contributed by atoms with Gasteiger partial charge >= 0.3 is 0 Å². The van der Waals surface area contributed by atoms with Crippen molar-refractivity contribution < 1.29 is 9.59 Å². The lowest BCUT2D eigenvalue weighted by atomic mass is 10.1. The number of benzene rings is 1. The molecule has 16 heavy (non-hydrogen) atoms. The average Bonchev–Trinajstić information content (AvgIpc) is 2.28. The highest BCUT2D eigenvalue weighted by Gasteiger charge is 2.29. The number of likely N-dealkylation sites (N-methyl/N-ethyl adjacent to an activating group) is 1. The van der Waals surface area contributed by atoms with E-state index in [0.29, 0.717) is 6.54 Å². The third-order valence-electron chi connectivity index (χ3n) is 2.75. The van der Waals surface area contributed by atoms with Crippen LogP contribution in [-0.2, 0) is 9.59 Å². The van der Waals surface area contributed by atoms with Crippen molar-refractivity contribution in [1.29, 1.82) is 0 Å². The van der Waals surface area contributed by atoms with Crippen LogP contribution < -0.4 is 9.80 Å². The van der Waals surface area contributed by atoms with Crippen molar-refractivity contribution in [2.45, 2.75) is 13.8 Å². The minimum atomic E-state index is -0.100. The minimum absolute atomic E-state index is 0.0311. The Balaban J connectivity index is 2.53. The highest BCUT2D eigenvalue weighted by Crippen LogP contribution is 2.32. The molecule has 0 fully saturated rings. The van der Waals surface area contributed by atoms with Gasteiger partial charge in [-0.1, -0.05) is 12.1 Å². The van der Waals surface area contributed by atoms with Gasteiger partial charge < -0.3 is 9.80 Å². The van der Waals surface area contributed by atoms with Crippen LogP contribution in [0, 0.1) is 0 Å². The Morgan fingerprint density at radius 3 is 2.50 bits per heavy atom. The van der Waals surface area contributed by atoms with Gasteiger partial charge in [-0.3, -0.25) is 9.59 Å². The Bertz CT molecular complexity index is 427. The minimum Gasteiger partial charge on any atom is -0.309 e. The second kappa shape index (κ2) is 3.96. The van der Waals surface area contributed by atoms with Gasteiger partial charge in [0, 0.05) is 13.5 Å². The molecule has 1 heterocycles. The maximum Gasteiger partial charge on any atom is 0.247 e. The first-order valence-corrected chi connectivity index (χ1v) is 5.32. The number of amides is 2. The van der Waals surface area contributed by atoms with Gasteiger partial charge in [0.1, 0.15) is 6.54 Å². The number of anilines is 2. The molecule has 4 nitrogen and oxygen atoms in total. The molecular formula is C12H14N2O2. The number of carbonyl (C=O) groups excluding carboxylic acids is 2. The van der Waals surface area contributed by atoms with E-state index in [0.717, 1.165) is 11.4 Å². The standard InChI is InChI=1S/C12H14N2O2/c1-3-13-10-6-4-5-7-11(10)14(9(2)15)8-12(13)16/h4-7H,3,8H2,1-2H3. The predicted octanol–water partition coefficient (Wildman–Crippen LogP) is 1.41. The van der Waals surface area contributed by atoms with Gasteiger partial charge in [0.15, 0.2) is 0 Å². The Labute approximate surface area is 94.5 Å². The second-order valence-corrected chi connectivity index (χ2v) is 3.73. The van der Waals surface area contributed by atoms with E-state index in [1.807, 2.05) is 31.2 Å². The number of carbonyl (C=O) groups is 2. The van der Waals surface area contributed by atoms with Gasteiger partial charge in [-0.25, -0.2) is 0 Å². The van der Waals surface area contributed by atoms with Crippen LogP contribution >= 0.6 is 0 Å². The molecule has 2 amide bonds. The molecule has 0 saturated heterocycles. The lowest BCUT2D eigenvalue weighted by Gasteiger charge is -2.35. The summed E-state index contributed by atoms with van der Waals surface area (Å²) < 4.78 is 0. The van der Waals surface area contributed by atoms with Crippen LogP contribution in [0.15, 0.2) is 24.3 Å². The number of fused-ring (bicyclic) bond motifs is 1. The first kappa shape index (κ1) is 10.7. The van der Waals surface area contributed by atoms with Crippen LogP contribution in [-0.4, -0.2) is 24.9 Å². The van der Waals surface area contributed by atoms with Gasteiger partial charge in [-0.05, 0) is 19.1 Å². The fourth-order valence-corrected chi connectivity index (χ4v) is 1.99. The lowest BCUT2D eigenvalue weighted by molar-refractivity contribution is -0.121. The topological polar surface area (TPSA) is 40.6 Å². The molecule has 0 unspecified atom stereocenters. The molecule has 1 aromatic rings. The first-order valence-electron chi connectivity index (χ1n) is 5.32. The maximum absolute atomic E-state index is 11.8. The van der Waals surface area contributed by atoms with Crippen LogP contribution in [0.4, 0.5) is 11.4 Å². The molecule has 0 spiro atoms. The molecule has 0 saturated carbocycles. The summed E-state index contributed by atoms with van der Waals surface area (Å²) in [7, 11) is 0. The van der Waals surface area contributed by atoms with Crippen LogP contribution in [0.2, 0.25) is 0 Å². The van der Waals surface area contributed by atoms with Crippen molar-refractivity contribution in [1.82, 2.24) is 0 Å². The van der Waals surface area contributed by atoms with Crippen LogP contribution in [0.3, 0.4) is 0 Å². The largest absolute Gasteiger partial charge is 0.309 e. The summed E-state index contributed by atoms with van der Waals surface area (Å²) in [5, 5.41) is 0. The molecule has 0 bridgehead atoms. The third kappa shape index (κ3) is 1.56. The van der Waals surface area contributed by atoms with E-state index in [-0.39, 0.29) is 18.4 Å². The Morgan fingerprint density at radius 1 is 1.31 bits per heavy atom. The van der Waals surface area contributed by atoms with Gasteiger partial charge in [0.05, 0.1) is 11.4 Å². The molecule has 84 valence electrons.